The predicted molar refractivity (Wildman–Crippen MR) is 129 cm³/mol. The third kappa shape index (κ3) is 3.97. The maximum atomic E-state index is 13.8. The molecule has 0 aliphatic heterocycles. The molecule has 0 bridgehead atoms. The van der Waals surface area contributed by atoms with Crippen LogP contribution in [-0.2, 0) is 5.60 Å². The summed E-state index contributed by atoms with van der Waals surface area (Å²) in [5.74, 6) is -0.855. The Hall–Kier alpha value is -2.92. The van der Waals surface area contributed by atoms with E-state index in [9.17, 15) is 14.3 Å². The Bertz CT molecular complexity index is 1240. The summed E-state index contributed by atoms with van der Waals surface area (Å²) < 4.78 is 13.7. The summed E-state index contributed by atoms with van der Waals surface area (Å²) in [4.78, 5) is 14.6. The fraction of sp³-hybridized carbons (Fsp3) is 0.0741. The van der Waals surface area contributed by atoms with E-state index in [0.717, 1.165) is 4.90 Å². The van der Waals surface area contributed by atoms with Crippen molar-refractivity contribution in [1.82, 2.24) is 0 Å². The van der Waals surface area contributed by atoms with E-state index in [-0.39, 0.29) is 5.82 Å². The Morgan fingerprint density at radius 2 is 1.47 bits per heavy atom. The molecule has 1 N–H and O–H groups in total. The summed E-state index contributed by atoms with van der Waals surface area (Å²) in [6.07, 6.45) is 1.90. The molecule has 1 unspecified atom stereocenters. The molecule has 0 fully saturated rings. The van der Waals surface area contributed by atoms with Gasteiger partial charge in [0.05, 0.1) is 5.02 Å². The molecule has 2 nitrogen and oxygen atoms in total. The van der Waals surface area contributed by atoms with Crippen molar-refractivity contribution in [2.24, 2.45) is 0 Å². The second-order valence-corrected chi connectivity index (χ2v) is 8.51. The second kappa shape index (κ2) is 9.29. The monoisotopic (exact) mass is 462 g/mol. The standard InChI is InChI=1S/C27H20ClFO2S/c1-32-23-17-16-22(24(25(23)28)18-12-14-21(29)15-13-18)27(31,20-10-6-3-7-11-20)26(30)19-8-4-2-5-9-19/h2-17,31H,1H3. The van der Waals surface area contributed by atoms with Crippen molar-refractivity contribution in [3.05, 3.63) is 125 Å². The number of thioether (sulfide) groups is 1. The Labute approximate surface area is 195 Å². The molecule has 0 saturated heterocycles. The Morgan fingerprint density at radius 3 is 2.06 bits per heavy atom. The van der Waals surface area contributed by atoms with E-state index in [1.165, 1.54) is 23.9 Å². The van der Waals surface area contributed by atoms with Crippen molar-refractivity contribution in [1.29, 1.82) is 0 Å². The quantitative estimate of drug-likeness (QED) is 0.248. The highest BCUT2D eigenvalue weighted by atomic mass is 35.5. The zero-order chi connectivity index (χ0) is 22.7. The number of aliphatic hydroxyl groups is 1. The van der Waals surface area contributed by atoms with Gasteiger partial charge in [0.15, 0.2) is 5.60 Å². The third-order valence-electron chi connectivity index (χ3n) is 5.41. The van der Waals surface area contributed by atoms with Crippen LogP contribution in [0.4, 0.5) is 4.39 Å². The third-order valence-corrected chi connectivity index (χ3v) is 6.69. The van der Waals surface area contributed by atoms with Crippen LogP contribution in [0.1, 0.15) is 21.5 Å². The molecular formula is C27H20ClFO2S. The van der Waals surface area contributed by atoms with E-state index >= 15 is 0 Å². The van der Waals surface area contributed by atoms with E-state index in [1.807, 2.05) is 18.4 Å². The number of Topliss-reactive ketones (excluding diaryl/α,β-unsaturated/α-hetero) is 1. The molecule has 0 saturated carbocycles. The lowest BCUT2D eigenvalue weighted by Gasteiger charge is -2.31. The van der Waals surface area contributed by atoms with Gasteiger partial charge in [-0.15, -0.1) is 11.8 Å². The fourth-order valence-electron chi connectivity index (χ4n) is 3.80. The number of benzene rings is 4. The summed E-state index contributed by atoms with van der Waals surface area (Å²) >= 11 is 8.25. The summed E-state index contributed by atoms with van der Waals surface area (Å²) in [5, 5.41) is 12.6. The van der Waals surface area contributed by atoms with Gasteiger partial charge in [-0.1, -0.05) is 90.5 Å². The van der Waals surface area contributed by atoms with Crippen LogP contribution in [0.2, 0.25) is 5.02 Å². The molecule has 0 amide bonds. The first kappa shape index (κ1) is 22.3. The Balaban J connectivity index is 2.05. The Morgan fingerprint density at radius 1 is 0.875 bits per heavy atom. The summed E-state index contributed by atoms with van der Waals surface area (Å²) in [6.45, 7) is 0. The lowest BCUT2D eigenvalue weighted by Crippen LogP contribution is -2.37. The number of rotatable bonds is 6. The molecule has 5 heteroatoms. The van der Waals surface area contributed by atoms with Gasteiger partial charge in [0.1, 0.15) is 5.82 Å². The molecule has 4 aromatic rings. The molecule has 0 aliphatic carbocycles. The normalized spacial score (nSPS) is 12.9. The molecule has 160 valence electrons. The molecule has 0 aliphatic rings. The fourth-order valence-corrected chi connectivity index (χ4v) is 4.79. The lowest BCUT2D eigenvalue weighted by atomic mass is 9.77. The molecule has 0 aromatic heterocycles. The van der Waals surface area contributed by atoms with Crippen LogP contribution in [0.3, 0.4) is 0 Å². The highest BCUT2D eigenvalue weighted by Crippen LogP contribution is 2.45. The zero-order valence-electron chi connectivity index (χ0n) is 17.3. The van der Waals surface area contributed by atoms with Crippen LogP contribution >= 0.6 is 23.4 Å². The van der Waals surface area contributed by atoms with Crippen LogP contribution in [0, 0.1) is 5.82 Å². The van der Waals surface area contributed by atoms with Crippen LogP contribution in [0.5, 0.6) is 0 Å². The largest absolute Gasteiger partial charge is 0.373 e. The Kier molecular flexibility index (Phi) is 6.47. The first-order valence-corrected chi connectivity index (χ1v) is 11.6. The number of carbonyl (C=O) groups is 1. The number of carbonyl (C=O) groups excluding carboxylic acids is 1. The van der Waals surface area contributed by atoms with E-state index in [1.54, 1.807) is 72.8 Å². The molecule has 4 rings (SSSR count). The predicted octanol–water partition coefficient (Wildman–Crippen LogP) is 6.99. The number of hydrogen-bond donors (Lipinski definition) is 1. The molecule has 0 spiro atoms. The second-order valence-electron chi connectivity index (χ2n) is 7.28. The topological polar surface area (TPSA) is 37.3 Å². The van der Waals surface area contributed by atoms with Gasteiger partial charge < -0.3 is 5.11 Å². The van der Waals surface area contributed by atoms with Gasteiger partial charge in [-0.2, -0.15) is 0 Å². The van der Waals surface area contributed by atoms with Gasteiger partial charge in [-0.05, 0) is 35.6 Å². The van der Waals surface area contributed by atoms with Crippen molar-refractivity contribution in [2.45, 2.75) is 10.5 Å². The van der Waals surface area contributed by atoms with Crippen molar-refractivity contribution in [3.8, 4) is 11.1 Å². The molecular weight excluding hydrogens is 443 g/mol. The summed E-state index contributed by atoms with van der Waals surface area (Å²) in [5.41, 5.74) is 0.227. The molecule has 32 heavy (non-hydrogen) atoms. The SMILES string of the molecule is CSc1ccc(C(O)(C(=O)c2ccccc2)c2ccccc2)c(-c2ccc(F)cc2)c1Cl. The molecule has 4 aromatic carbocycles. The van der Waals surface area contributed by atoms with E-state index in [0.29, 0.717) is 32.8 Å². The number of halogens is 2. The van der Waals surface area contributed by atoms with Gasteiger partial charge in [0.25, 0.3) is 0 Å². The zero-order valence-corrected chi connectivity index (χ0v) is 18.8. The van der Waals surface area contributed by atoms with Crippen LogP contribution in [0.15, 0.2) is 102 Å². The van der Waals surface area contributed by atoms with Gasteiger partial charge in [-0.25, -0.2) is 4.39 Å². The smallest absolute Gasteiger partial charge is 0.203 e. The van der Waals surface area contributed by atoms with Crippen molar-refractivity contribution in [3.63, 3.8) is 0 Å². The lowest BCUT2D eigenvalue weighted by molar-refractivity contribution is 0.0490. The minimum absolute atomic E-state index is 0.340. The summed E-state index contributed by atoms with van der Waals surface area (Å²) in [7, 11) is 0. The van der Waals surface area contributed by atoms with E-state index < -0.39 is 11.4 Å². The van der Waals surface area contributed by atoms with Crippen LogP contribution in [0.25, 0.3) is 11.1 Å². The summed E-state index contributed by atoms with van der Waals surface area (Å²) in [6, 6.07) is 26.8. The van der Waals surface area contributed by atoms with Gasteiger partial charge in [-0.3, -0.25) is 4.79 Å². The molecule has 1 atom stereocenters. The van der Waals surface area contributed by atoms with Gasteiger partial charge in [0, 0.05) is 21.6 Å². The first-order valence-electron chi connectivity index (χ1n) is 9.97. The highest BCUT2D eigenvalue weighted by Gasteiger charge is 2.42. The van der Waals surface area contributed by atoms with Crippen LogP contribution in [-0.4, -0.2) is 17.1 Å². The average Bonchev–Trinajstić information content (AvgIpc) is 2.84. The maximum absolute atomic E-state index is 13.8. The van der Waals surface area contributed by atoms with E-state index in [2.05, 4.69) is 0 Å². The molecule has 0 radical (unpaired) electrons. The number of ketones is 1. The highest BCUT2D eigenvalue weighted by molar-refractivity contribution is 7.98. The maximum Gasteiger partial charge on any atom is 0.203 e. The number of hydrogen-bond acceptors (Lipinski definition) is 3. The average molecular weight is 463 g/mol. The minimum atomic E-state index is -2.01. The van der Waals surface area contributed by atoms with Crippen molar-refractivity contribution in [2.75, 3.05) is 6.26 Å². The van der Waals surface area contributed by atoms with Crippen LogP contribution < -0.4 is 0 Å². The van der Waals surface area contributed by atoms with E-state index in [4.69, 9.17) is 11.6 Å². The van der Waals surface area contributed by atoms with Gasteiger partial charge >= 0.3 is 0 Å². The van der Waals surface area contributed by atoms with Crippen molar-refractivity contribution < 1.29 is 14.3 Å². The minimum Gasteiger partial charge on any atom is -0.373 e. The van der Waals surface area contributed by atoms with Gasteiger partial charge in [0.2, 0.25) is 5.78 Å². The first-order chi connectivity index (χ1) is 15.5. The molecule has 0 heterocycles. The van der Waals surface area contributed by atoms with Crippen molar-refractivity contribution >= 4 is 29.1 Å².